The van der Waals surface area contributed by atoms with Gasteiger partial charge in [0, 0.05) is 39.3 Å². The summed E-state index contributed by atoms with van der Waals surface area (Å²) < 4.78 is 48.6. The van der Waals surface area contributed by atoms with E-state index in [1.54, 1.807) is 44.5 Å². The second-order valence-corrected chi connectivity index (χ2v) is 9.08. The van der Waals surface area contributed by atoms with Gasteiger partial charge in [-0.3, -0.25) is 5.32 Å². The molecule has 0 aliphatic carbocycles. The lowest BCUT2D eigenvalue weighted by molar-refractivity contribution is -0.275. The number of hydrogen-bond acceptors (Lipinski definition) is 5. The summed E-state index contributed by atoms with van der Waals surface area (Å²) in [4.78, 5) is 3.16. The molecule has 0 saturated carbocycles. The molecule has 0 amide bonds. The van der Waals surface area contributed by atoms with Crippen LogP contribution in [0.2, 0.25) is 0 Å². The van der Waals surface area contributed by atoms with Gasteiger partial charge >= 0.3 is 6.36 Å². The van der Waals surface area contributed by atoms with E-state index in [2.05, 4.69) is 26.9 Å². The summed E-state index contributed by atoms with van der Waals surface area (Å²) in [6.07, 6.45) is -4.47. The molecule has 1 aromatic heterocycles. The van der Waals surface area contributed by atoms with Gasteiger partial charge in [0.2, 0.25) is 0 Å². The quantitative estimate of drug-likeness (QED) is 0.192. The fourth-order valence-corrected chi connectivity index (χ4v) is 4.13. The van der Waals surface area contributed by atoms with Crippen LogP contribution in [-0.2, 0) is 6.42 Å². The van der Waals surface area contributed by atoms with Gasteiger partial charge in [-0.15, -0.1) is 13.2 Å². The number of H-pyrrole nitrogens is 1. The van der Waals surface area contributed by atoms with E-state index in [9.17, 15) is 23.4 Å². The molecule has 198 valence electrons. The van der Waals surface area contributed by atoms with Crippen LogP contribution in [-0.4, -0.2) is 40.8 Å². The molecule has 2 atom stereocenters. The number of benzene rings is 3. The standard InChI is InChI=1S/C29H27F3N2O4/c1-28(18-35,16-21-17-33-25-6-4-3-5-23(21)25)34-27(36)24-15-20(11-14-26(24)38-29(30,31)32)8-7-19-9-12-22(37-2)13-10-19/h3-6,9-15,17,27,33-36H,16,18H2,1-2H3. The van der Waals surface area contributed by atoms with Gasteiger partial charge in [0.05, 0.1) is 13.7 Å². The number of hydrogen-bond donors (Lipinski definition) is 4. The number of alkyl halides is 3. The molecule has 0 aliphatic heterocycles. The Kier molecular flexibility index (Phi) is 7.97. The predicted octanol–water partition coefficient (Wildman–Crippen LogP) is 5.05. The first-order valence-corrected chi connectivity index (χ1v) is 11.8. The average Bonchev–Trinajstić information content (AvgIpc) is 3.29. The smallest absolute Gasteiger partial charge is 0.497 e. The second kappa shape index (κ2) is 11.2. The highest BCUT2D eigenvalue weighted by molar-refractivity contribution is 5.83. The average molecular weight is 525 g/mol. The molecule has 0 bridgehead atoms. The van der Waals surface area contributed by atoms with E-state index in [4.69, 9.17) is 4.74 Å². The summed E-state index contributed by atoms with van der Waals surface area (Å²) in [7, 11) is 1.55. The van der Waals surface area contributed by atoms with Crippen molar-refractivity contribution in [3.05, 3.63) is 95.2 Å². The summed E-state index contributed by atoms with van der Waals surface area (Å²) in [5, 5.41) is 25.0. The Morgan fingerprint density at radius 2 is 1.68 bits per heavy atom. The summed E-state index contributed by atoms with van der Waals surface area (Å²) in [6, 6.07) is 18.4. The lowest BCUT2D eigenvalue weighted by atomic mass is 9.92. The molecule has 0 fully saturated rings. The topological polar surface area (TPSA) is 86.7 Å². The molecule has 4 aromatic rings. The Labute approximate surface area is 218 Å². The molecule has 4 rings (SSSR count). The first kappa shape index (κ1) is 27.1. The number of para-hydroxylation sites is 1. The molecular formula is C29H27F3N2O4. The maximum Gasteiger partial charge on any atom is 0.573 e. The van der Waals surface area contributed by atoms with Crippen LogP contribution in [0.15, 0.2) is 72.9 Å². The Morgan fingerprint density at radius 1 is 1.00 bits per heavy atom. The molecule has 0 saturated heterocycles. The molecule has 38 heavy (non-hydrogen) atoms. The van der Waals surface area contributed by atoms with Gasteiger partial charge in [-0.05, 0) is 67.4 Å². The monoisotopic (exact) mass is 524 g/mol. The van der Waals surface area contributed by atoms with Crippen LogP contribution in [0.3, 0.4) is 0 Å². The molecule has 4 N–H and O–H groups in total. The second-order valence-electron chi connectivity index (χ2n) is 9.08. The molecule has 1 heterocycles. The molecule has 6 nitrogen and oxygen atoms in total. The lowest BCUT2D eigenvalue weighted by Crippen LogP contribution is -2.49. The number of aliphatic hydroxyl groups is 2. The number of aliphatic hydroxyl groups excluding tert-OH is 2. The van der Waals surface area contributed by atoms with Gasteiger partial charge in [0.25, 0.3) is 0 Å². The highest BCUT2D eigenvalue weighted by Gasteiger charge is 2.34. The Bertz CT molecular complexity index is 1450. The lowest BCUT2D eigenvalue weighted by Gasteiger charge is -2.32. The zero-order chi connectivity index (χ0) is 27.3. The molecule has 2 unspecified atom stereocenters. The van der Waals surface area contributed by atoms with Crippen molar-refractivity contribution in [3.63, 3.8) is 0 Å². The van der Waals surface area contributed by atoms with Gasteiger partial charge in [-0.25, -0.2) is 0 Å². The molecule has 0 radical (unpaired) electrons. The van der Waals surface area contributed by atoms with Crippen molar-refractivity contribution in [2.75, 3.05) is 13.7 Å². The summed E-state index contributed by atoms with van der Waals surface area (Å²) in [6.45, 7) is 1.28. The number of ether oxygens (including phenoxy) is 2. The zero-order valence-electron chi connectivity index (χ0n) is 20.8. The number of nitrogens with one attached hydrogen (secondary N) is 2. The fraction of sp³-hybridized carbons (Fsp3) is 0.241. The SMILES string of the molecule is COc1ccc(C#Cc2ccc(OC(F)(F)F)c(C(O)NC(C)(CO)Cc3c[nH]c4ccccc34)c2)cc1. The van der Waals surface area contributed by atoms with Crippen LogP contribution in [0, 0.1) is 11.8 Å². The molecule has 3 aromatic carbocycles. The van der Waals surface area contributed by atoms with Crippen LogP contribution in [0.5, 0.6) is 11.5 Å². The molecule has 0 aliphatic rings. The summed E-state index contributed by atoms with van der Waals surface area (Å²) in [5.74, 6) is 5.93. The van der Waals surface area contributed by atoms with Crippen LogP contribution in [0.25, 0.3) is 10.9 Å². The van der Waals surface area contributed by atoms with Gasteiger partial charge in [-0.2, -0.15) is 0 Å². The number of halogens is 3. The van der Waals surface area contributed by atoms with Gasteiger partial charge in [-0.1, -0.05) is 30.0 Å². The Hall–Kier alpha value is -3.97. The van der Waals surface area contributed by atoms with E-state index in [1.165, 1.54) is 12.1 Å². The number of fused-ring (bicyclic) bond motifs is 1. The number of methoxy groups -OCH3 is 1. The summed E-state index contributed by atoms with van der Waals surface area (Å²) >= 11 is 0. The molecule has 9 heteroatoms. The minimum atomic E-state index is -4.96. The van der Waals surface area contributed by atoms with E-state index < -0.39 is 30.5 Å². The normalized spacial score (nSPS) is 13.9. The highest BCUT2D eigenvalue weighted by atomic mass is 19.4. The van der Waals surface area contributed by atoms with Gasteiger partial charge < -0.3 is 24.7 Å². The number of rotatable bonds is 8. The number of aromatic nitrogens is 1. The van der Waals surface area contributed by atoms with E-state index in [0.717, 1.165) is 22.5 Å². The third kappa shape index (κ3) is 6.66. The summed E-state index contributed by atoms with van der Waals surface area (Å²) in [5.41, 5.74) is 1.59. The highest BCUT2D eigenvalue weighted by Crippen LogP contribution is 2.32. The van der Waals surface area contributed by atoms with E-state index in [0.29, 0.717) is 16.9 Å². The largest absolute Gasteiger partial charge is 0.573 e. The van der Waals surface area contributed by atoms with Gasteiger partial charge in [0.15, 0.2) is 0 Å². The van der Waals surface area contributed by atoms with Crippen molar-refractivity contribution in [1.29, 1.82) is 0 Å². The van der Waals surface area contributed by atoms with Crippen molar-refractivity contribution in [2.45, 2.75) is 31.5 Å². The van der Waals surface area contributed by atoms with Gasteiger partial charge in [0.1, 0.15) is 17.7 Å². The van der Waals surface area contributed by atoms with E-state index >= 15 is 0 Å². The number of aromatic amines is 1. The minimum Gasteiger partial charge on any atom is -0.497 e. The van der Waals surface area contributed by atoms with Crippen molar-refractivity contribution >= 4 is 10.9 Å². The molecular weight excluding hydrogens is 497 g/mol. The Morgan fingerprint density at radius 3 is 2.37 bits per heavy atom. The Balaban J connectivity index is 1.62. The van der Waals surface area contributed by atoms with Crippen LogP contribution < -0.4 is 14.8 Å². The maximum atomic E-state index is 13.1. The minimum absolute atomic E-state index is 0.164. The molecule has 0 spiro atoms. The maximum absolute atomic E-state index is 13.1. The van der Waals surface area contributed by atoms with Crippen molar-refractivity contribution in [2.24, 2.45) is 0 Å². The van der Waals surface area contributed by atoms with Crippen LogP contribution in [0.4, 0.5) is 13.2 Å². The third-order valence-electron chi connectivity index (χ3n) is 6.06. The first-order chi connectivity index (χ1) is 18.1. The predicted molar refractivity (Wildman–Crippen MR) is 138 cm³/mol. The first-order valence-electron chi connectivity index (χ1n) is 11.8. The van der Waals surface area contributed by atoms with E-state index in [-0.39, 0.29) is 12.0 Å². The zero-order valence-corrected chi connectivity index (χ0v) is 20.8. The van der Waals surface area contributed by atoms with Crippen LogP contribution in [0.1, 0.15) is 35.4 Å². The van der Waals surface area contributed by atoms with Crippen molar-refractivity contribution in [3.8, 4) is 23.3 Å². The van der Waals surface area contributed by atoms with Crippen molar-refractivity contribution in [1.82, 2.24) is 10.3 Å². The van der Waals surface area contributed by atoms with E-state index in [1.807, 2.05) is 24.3 Å². The van der Waals surface area contributed by atoms with Crippen molar-refractivity contribution < 1.29 is 32.9 Å². The third-order valence-corrected chi connectivity index (χ3v) is 6.06. The van der Waals surface area contributed by atoms with Crippen LogP contribution >= 0.6 is 0 Å². The fourth-order valence-electron chi connectivity index (χ4n) is 4.13.